The summed E-state index contributed by atoms with van der Waals surface area (Å²) in [6, 6.07) is 15.6. The molecule has 2 aromatic heterocycles. The lowest BCUT2D eigenvalue weighted by Crippen LogP contribution is -2.36. The number of phenolic OH excluding ortho intramolecular Hbond substituents is 1. The van der Waals surface area contributed by atoms with E-state index in [0.717, 1.165) is 53.9 Å². The monoisotopic (exact) mass is 448 g/mol. The Morgan fingerprint density at radius 3 is 2.69 bits per heavy atom. The van der Waals surface area contributed by atoms with Gasteiger partial charge < -0.3 is 24.6 Å². The Labute approximate surface area is 193 Å². The lowest BCUT2D eigenvalue weighted by molar-refractivity contribution is 0.0842. The van der Waals surface area contributed by atoms with Crippen LogP contribution in [0.2, 0.25) is 0 Å². The summed E-state index contributed by atoms with van der Waals surface area (Å²) in [4.78, 5) is 6.93. The number of thiocarbonyl (C=S) groups is 1. The van der Waals surface area contributed by atoms with Crippen molar-refractivity contribution in [3.8, 4) is 11.4 Å². The van der Waals surface area contributed by atoms with E-state index in [1.807, 2.05) is 30.5 Å². The quantitative estimate of drug-likeness (QED) is 0.566. The van der Waals surface area contributed by atoms with Gasteiger partial charge in [0.15, 0.2) is 5.11 Å². The molecule has 2 aliphatic rings. The zero-order valence-electron chi connectivity index (χ0n) is 18.4. The number of nitrogens with zero attached hydrogens (tertiary/aromatic N) is 3. The largest absolute Gasteiger partial charge is 0.508 e. The van der Waals surface area contributed by atoms with Crippen molar-refractivity contribution < 1.29 is 9.84 Å². The van der Waals surface area contributed by atoms with Crippen LogP contribution in [0.25, 0.3) is 5.69 Å². The highest BCUT2D eigenvalue weighted by Gasteiger charge is 2.42. The minimum atomic E-state index is -0.0427. The van der Waals surface area contributed by atoms with Crippen molar-refractivity contribution in [2.75, 3.05) is 13.2 Å². The predicted octanol–water partition coefficient (Wildman–Crippen LogP) is 4.35. The van der Waals surface area contributed by atoms with Crippen LogP contribution in [0.5, 0.6) is 5.75 Å². The fourth-order valence-corrected chi connectivity index (χ4v) is 5.35. The van der Waals surface area contributed by atoms with Gasteiger partial charge in [-0.05, 0) is 86.9 Å². The second-order valence-electron chi connectivity index (χ2n) is 8.59. The summed E-state index contributed by atoms with van der Waals surface area (Å²) in [7, 11) is 0. The first-order chi connectivity index (χ1) is 15.5. The molecule has 0 bridgehead atoms. The van der Waals surface area contributed by atoms with E-state index in [9.17, 15) is 5.11 Å². The average molecular weight is 449 g/mol. The first kappa shape index (κ1) is 21.0. The Hall–Kier alpha value is -2.90. The fraction of sp³-hybridized carbons (Fsp3) is 0.360. The van der Waals surface area contributed by atoms with Gasteiger partial charge in [-0.15, -0.1) is 0 Å². The van der Waals surface area contributed by atoms with Crippen LogP contribution in [0.4, 0.5) is 0 Å². The Kier molecular flexibility index (Phi) is 5.61. The summed E-state index contributed by atoms with van der Waals surface area (Å²) in [5.74, 6) is 0.264. The summed E-state index contributed by atoms with van der Waals surface area (Å²) in [6.45, 7) is 5.85. The molecule has 2 aliphatic heterocycles. The van der Waals surface area contributed by atoms with E-state index in [-0.39, 0.29) is 23.9 Å². The van der Waals surface area contributed by atoms with Gasteiger partial charge in [-0.1, -0.05) is 6.07 Å². The van der Waals surface area contributed by atoms with Crippen molar-refractivity contribution in [3.05, 3.63) is 77.4 Å². The van der Waals surface area contributed by atoms with Crippen LogP contribution in [0.1, 0.15) is 47.6 Å². The number of pyridine rings is 1. The standard InChI is InChI=1S/C25H28N4O2S/c1-16-14-21(17(2)29(16)18-8-10-19(30)11-9-18)24-23(22-7-3-4-12-26-22)27-25(32)28(24)15-20-6-5-13-31-20/h3-4,7-12,14,20,23-24,30H,5-6,13,15H2,1-2H3,(H,27,32)/t20-,23-,24+/m0/s1. The highest BCUT2D eigenvalue weighted by molar-refractivity contribution is 7.80. The molecule has 3 aromatic rings. The molecule has 0 unspecified atom stereocenters. The number of aromatic hydroxyl groups is 1. The van der Waals surface area contributed by atoms with Crippen molar-refractivity contribution in [3.63, 3.8) is 0 Å². The molecule has 0 amide bonds. The van der Waals surface area contributed by atoms with E-state index in [2.05, 4.69) is 45.7 Å². The fourth-order valence-electron chi connectivity index (χ4n) is 5.03. The van der Waals surface area contributed by atoms with Gasteiger partial charge in [-0.3, -0.25) is 4.98 Å². The van der Waals surface area contributed by atoms with Crippen molar-refractivity contribution in [1.29, 1.82) is 0 Å². The molecular formula is C25H28N4O2S. The molecule has 166 valence electrons. The van der Waals surface area contributed by atoms with Crippen molar-refractivity contribution in [2.45, 2.75) is 44.9 Å². The zero-order chi connectivity index (χ0) is 22.2. The molecule has 4 heterocycles. The second-order valence-corrected chi connectivity index (χ2v) is 8.98. The smallest absolute Gasteiger partial charge is 0.170 e. The Morgan fingerprint density at radius 2 is 2.00 bits per heavy atom. The highest BCUT2D eigenvalue weighted by Crippen LogP contribution is 2.42. The maximum absolute atomic E-state index is 9.72. The molecule has 1 aromatic carbocycles. The normalized spacial score (nSPS) is 23.0. The Bertz CT molecular complexity index is 1110. The number of phenols is 1. The summed E-state index contributed by atoms with van der Waals surface area (Å²) >= 11 is 5.82. The lowest BCUT2D eigenvalue weighted by atomic mass is 9.96. The van der Waals surface area contributed by atoms with Gasteiger partial charge >= 0.3 is 0 Å². The average Bonchev–Trinajstić information content (AvgIpc) is 3.49. The molecule has 3 atom stereocenters. The van der Waals surface area contributed by atoms with Gasteiger partial charge in [0.25, 0.3) is 0 Å². The third-order valence-electron chi connectivity index (χ3n) is 6.52. The minimum absolute atomic E-state index is 0.0127. The Morgan fingerprint density at radius 1 is 1.19 bits per heavy atom. The Balaban J connectivity index is 1.58. The van der Waals surface area contributed by atoms with Crippen LogP contribution >= 0.6 is 12.2 Å². The number of nitrogens with one attached hydrogen (secondary N) is 1. The van der Waals surface area contributed by atoms with Crippen LogP contribution < -0.4 is 5.32 Å². The van der Waals surface area contributed by atoms with Gasteiger partial charge in [0.05, 0.1) is 23.9 Å². The molecule has 5 rings (SSSR count). The summed E-state index contributed by atoms with van der Waals surface area (Å²) < 4.78 is 8.19. The van der Waals surface area contributed by atoms with Crippen LogP contribution in [0, 0.1) is 13.8 Å². The van der Waals surface area contributed by atoms with Gasteiger partial charge in [0.1, 0.15) is 5.75 Å². The zero-order valence-corrected chi connectivity index (χ0v) is 19.2. The molecule has 7 heteroatoms. The minimum Gasteiger partial charge on any atom is -0.508 e. The van der Waals surface area contributed by atoms with E-state index >= 15 is 0 Å². The molecular weight excluding hydrogens is 420 g/mol. The van der Waals surface area contributed by atoms with Crippen LogP contribution in [-0.4, -0.2) is 43.9 Å². The predicted molar refractivity (Wildman–Crippen MR) is 128 cm³/mol. The van der Waals surface area contributed by atoms with E-state index in [1.54, 1.807) is 12.1 Å². The molecule has 2 fully saturated rings. The molecule has 32 heavy (non-hydrogen) atoms. The number of benzene rings is 1. The van der Waals surface area contributed by atoms with Crippen molar-refractivity contribution in [2.24, 2.45) is 0 Å². The van der Waals surface area contributed by atoms with Crippen LogP contribution in [-0.2, 0) is 4.74 Å². The molecule has 6 nitrogen and oxygen atoms in total. The maximum atomic E-state index is 9.72. The second kappa shape index (κ2) is 8.56. The third-order valence-corrected chi connectivity index (χ3v) is 6.87. The van der Waals surface area contributed by atoms with Crippen molar-refractivity contribution >= 4 is 17.3 Å². The number of rotatable bonds is 5. The first-order valence-corrected chi connectivity index (χ1v) is 11.5. The third kappa shape index (κ3) is 3.76. The SMILES string of the molecule is Cc1cc([C@@H]2[C@H](c3ccccn3)NC(=S)N2C[C@@H]2CCCO2)c(C)n1-c1ccc(O)cc1. The molecule has 0 spiro atoms. The van der Waals surface area contributed by atoms with Gasteiger partial charge in [0.2, 0.25) is 0 Å². The number of hydrogen-bond donors (Lipinski definition) is 2. The number of ether oxygens (including phenoxy) is 1. The number of aryl methyl sites for hydroxylation is 1. The first-order valence-electron chi connectivity index (χ1n) is 11.1. The lowest BCUT2D eigenvalue weighted by Gasteiger charge is -2.30. The molecule has 0 saturated carbocycles. The van der Waals surface area contributed by atoms with Gasteiger partial charge in [-0.2, -0.15) is 0 Å². The van der Waals surface area contributed by atoms with Crippen LogP contribution in [0.3, 0.4) is 0 Å². The van der Waals surface area contributed by atoms with E-state index in [4.69, 9.17) is 17.0 Å². The molecule has 0 radical (unpaired) electrons. The van der Waals surface area contributed by atoms with Crippen LogP contribution in [0.15, 0.2) is 54.7 Å². The van der Waals surface area contributed by atoms with Gasteiger partial charge in [-0.25, -0.2) is 0 Å². The molecule has 2 saturated heterocycles. The molecule has 0 aliphatic carbocycles. The molecule has 2 N–H and O–H groups in total. The highest BCUT2D eigenvalue weighted by atomic mass is 32.1. The summed E-state index contributed by atoms with van der Waals surface area (Å²) in [6.07, 6.45) is 4.19. The summed E-state index contributed by atoms with van der Waals surface area (Å²) in [5.41, 5.74) is 5.51. The van der Waals surface area contributed by atoms with Crippen molar-refractivity contribution in [1.82, 2.24) is 19.8 Å². The van der Waals surface area contributed by atoms with E-state index in [0.29, 0.717) is 0 Å². The van der Waals surface area contributed by atoms with E-state index < -0.39 is 0 Å². The summed E-state index contributed by atoms with van der Waals surface area (Å²) in [5, 5.41) is 14.0. The number of hydrogen-bond acceptors (Lipinski definition) is 4. The topological polar surface area (TPSA) is 62.5 Å². The van der Waals surface area contributed by atoms with Gasteiger partial charge in [0, 0.05) is 36.4 Å². The maximum Gasteiger partial charge on any atom is 0.170 e. The van der Waals surface area contributed by atoms with E-state index in [1.165, 1.54) is 5.56 Å². The number of aromatic nitrogens is 2.